The van der Waals surface area contributed by atoms with Crippen molar-refractivity contribution in [3.05, 3.63) is 92.0 Å². The minimum Gasteiger partial charge on any atom is -0.381 e. The summed E-state index contributed by atoms with van der Waals surface area (Å²) >= 11 is 5.89. The Hall–Kier alpha value is -3.87. The van der Waals surface area contributed by atoms with Crippen LogP contribution in [0.3, 0.4) is 0 Å². The number of aryl methyl sites for hydroxylation is 1. The first-order valence-electron chi connectivity index (χ1n) is 15.8. The van der Waals surface area contributed by atoms with Gasteiger partial charge in [-0.05, 0) is 43.4 Å². The van der Waals surface area contributed by atoms with E-state index in [0.717, 1.165) is 75.7 Å². The van der Waals surface area contributed by atoms with E-state index in [-0.39, 0.29) is 17.0 Å². The second-order valence-corrected chi connectivity index (χ2v) is 12.1. The number of ether oxygens (including phenoxy) is 2. The maximum Gasteiger partial charge on any atom is 0.296 e. The number of benzene rings is 1. The smallest absolute Gasteiger partial charge is 0.296 e. The van der Waals surface area contributed by atoms with Crippen LogP contribution in [-0.4, -0.2) is 64.8 Å². The van der Waals surface area contributed by atoms with Gasteiger partial charge in [-0.2, -0.15) is 0 Å². The van der Waals surface area contributed by atoms with Crippen molar-refractivity contribution in [3.8, 4) is 0 Å². The Balaban J connectivity index is 0.000000159. The standard InChI is InChI=1S/C16H15ClN4O2.C16H24N4O2/c17-13-3-1-11(2-4-13)9-20-6-7-21-14(12-5-8-23-10-12)18-19-15(21)16(20)22;1-2-3-4-5-8-19-9-10-20-14(13-6-11-22-12-7-13)17-18-15(20)16(19)21/h1-4,6-7,12H,5,8-10H2;9-10,13H,2-8,11-12H2,1H3. The summed E-state index contributed by atoms with van der Waals surface area (Å²) in [5, 5.41) is 17.4. The SMILES string of the molecule is CCCCCCn1ccn2c(C3CCOCC3)nnc2c1=O.O=c1c2nnc(C3CCOC3)n2ccn1Cc1ccc(Cl)cc1. The number of hydrogen-bond acceptors (Lipinski definition) is 8. The fraction of sp³-hybridized carbons (Fsp3) is 0.500. The van der Waals surface area contributed by atoms with Crippen LogP contribution in [0.25, 0.3) is 11.3 Å². The minimum atomic E-state index is -0.153. The van der Waals surface area contributed by atoms with Crippen molar-refractivity contribution >= 4 is 22.9 Å². The van der Waals surface area contributed by atoms with Gasteiger partial charge in [-0.1, -0.05) is 49.9 Å². The van der Waals surface area contributed by atoms with Crippen molar-refractivity contribution in [1.29, 1.82) is 0 Å². The van der Waals surface area contributed by atoms with E-state index in [4.69, 9.17) is 21.1 Å². The third-order valence-corrected chi connectivity index (χ3v) is 8.79. The van der Waals surface area contributed by atoms with Crippen LogP contribution < -0.4 is 11.1 Å². The van der Waals surface area contributed by atoms with Crippen molar-refractivity contribution in [2.75, 3.05) is 26.4 Å². The molecule has 0 bridgehead atoms. The zero-order chi connectivity index (χ0) is 31.2. The molecule has 45 heavy (non-hydrogen) atoms. The molecular weight excluding hydrogens is 596 g/mol. The normalized spacial score (nSPS) is 17.2. The van der Waals surface area contributed by atoms with Crippen LogP contribution in [0, 0.1) is 0 Å². The zero-order valence-electron chi connectivity index (χ0n) is 25.6. The van der Waals surface area contributed by atoms with Crippen molar-refractivity contribution in [2.24, 2.45) is 0 Å². The number of unbranched alkanes of at least 4 members (excludes halogenated alkanes) is 3. The molecule has 0 amide bonds. The molecule has 0 radical (unpaired) electrons. The molecule has 7 rings (SSSR count). The highest BCUT2D eigenvalue weighted by Crippen LogP contribution is 2.25. The molecule has 1 unspecified atom stereocenters. The van der Waals surface area contributed by atoms with Gasteiger partial charge < -0.3 is 18.6 Å². The molecule has 2 aliphatic heterocycles. The van der Waals surface area contributed by atoms with Gasteiger partial charge in [0.2, 0.25) is 11.3 Å². The van der Waals surface area contributed by atoms with E-state index in [0.29, 0.717) is 35.4 Å². The van der Waals surface area contributed by atoms with E-state index in [9.17, 15) is 9.59 Å². The van der Waals surface area contributed by atoms with Gasteiger partial charge in [-0.3, -0.25) is 18.4 Å². The lowest BCUT2D eigenvalue weighted by Crippen LogP contribution is -2.23. The topological polar surface area (TPSA) is 123 Å². The maximum absolute atomic E-state index is 12.6. The van der Waals surface area contributed by atoms with Crippen LogP contribution in [0.2, 0.25) is 5.02 Å². The Morgan fingerprint density at radius 2 is 1.33 bits per heavy atom. The molecule has 0 saturated carbocycles. The quantitative estimate of drug-likeness (QED) is 0.218. The Kier molecular flexibility index (Phi) is 10.0. The first-order valence-corrected chi connectivity index (χ1v) is 16.2. The molecule has 1 aromatic carbocycles. The van der Waals surface area contributed by atoms with E-state index >= 15 is 0 Å². The van der Waals surface area contributed by atoms with E-state index in [1.807, 2.05) is 47.3 Å². The molecule has 12 nitrogen and oxygen atoms in total. The van der Waals surface area contributed by atoms with Gasteiger partial charge in [0.1, 0.15) is 11.6 Å². The Bertz CT molecular complexity index is 1830. The monoisotopic (exact) mass is 634 g/mol. The molecule has 2 saturated heterocycles. The van der Waals surface area contributed by atoms with Crippen LogP contribution in [0.1, 0.15) is 80.9 Å². The average Bonchev–Trinajstić information content (AvgIpc) is 3.84. The summed E-state index contributed by atoms with van der Waals surface area (Å²) in [5.41, 5.74) is 1.61. The van der Waals surface area contributed by atoms with Crippen molar-refractivity contribution in [3.63, 3.8) is 0 Å². The lowest BCUT2D eigenvalue weighted by atomic mass is 10.00. The molecule has 13 heteroatoms. The molecule has 2 fully saturated rings. The zero-order valence-corrected chi connectivity index (χ0v) is 26.3. The number of nitrogens with zero attached hydrogens (tertiary/aromatic N) is 8. The van der Waals surface area contributed by atoms with Crippen molar-refractivity contribution in [1.82, 2.24) is 38.3 Å². The van der Waals surface area contributed by atoms with Crippen molar-refractivity contribution < 1.29 is 9.47 Å². The van der Waals surface area contributed by atoms with E-state index in [1.165, 1.54) is 12.8 Å². The predicted molar refractivity (Wildman–Crippen MR) is 170 cm³/mol. The third-order valence-electron chi connectivity index (χ3n) is 8.54. The number of aromatic nitrogens is 8. The van der Waals surface area contributed by atoms with Crippen LogP contribution >= 0.6 is 11.6 Å². The van der Waals surface area contributed by atoms with E-state index in [2.05, 4.69) is 27.3 Å². The molecular formula is C32H39ClN8O4. The van der Waals surface area contributed by atoms with E-state index in [1.54, 1.807) is 19.7 Å². The molecule has 238 valence electrons. The highest BCUT2D eigenvalue weighted by atomic mass is 35.5. The van der Waals surface area contributed by atoms with Gasteiger partial charge in [0.25, 0.3) is 11.1 Å². The molecule has 0 aliphatic carbocycles. The number of hydrogen-bond donors (Lipinski definition) is 0. The number of rotatable bonds is 9. The lowest BCUT2D eigenvalue weighted by molar-refractivity contribution is 0.0834. The Morgan fingerprint density at radius 3 is 1.98 bits per heavy atom. The fourth-order valence-corrected chi connectivity index (χ4v) is 6.05. The second-order valence-electron chi connectivity index (χ2n) is 11.7. The van der Waals surface area contributed by atoms with Gasteiger partial charge in [-0.15, -0.1) is 20.4 Å². The molecule has 0 N–H and O–H groups in total. The first-order chi connectivity index (χ1) is 22.0. The summed E-state index contributed by atoms with van der Waals surface area (Å²) in [7, 11) is 0. The van der Waals surface area contributed by atoms with Crippen LogP contribution in [0.15, 0.2) is 58.6 Å². The fourth-order valence-electron chi connectivity index (χ4n) is 5.93. The molecule has 5 aromatic rings. The van der Waals surface area contributed by atoms with Crippen molar-refractivity contribution in [2.45, 2.75) is 76.8 Å². The Morgan fingerprint density at radius 1 is 0.733 bits per heavy atom. The summed E-state index contributed by atoms with van der Waals surface area (Å²) in [6, 6.07) is 7.44. The van der Waals surface area contributed by atoms with Crippen LogP contribution in [0.5, 0.6) is 0 Å². The highest BCUT2D eigenvalue weighted by Gasteiger charge is 2.24. The van der Waals surface area contributed by atoms with Gasteiger partial charge >= 0.3 is 0 Å². The predicted octanol–water partition coefficient (Wildman–Crippen LogP) is 4.46. The summed E-state index contributed by atoms with van der Waals surface area (Å²) < 4.78 is 17.8. The van der Waals surface area contributed by atoms with Gasteiger partial charge in [-0.25, -0.2) is 0 Å². The third kappa shape index (κ3) is 7.03. The largest absolute Gasteiger partial charge is 0.381 e. The Labute approximate surface area is 265 Å². The lowest BCUT2D eigenvalue weighted by Gasteiger charge is -2.20. The summed E-state index contributed by atoms with van der Waals surface area (Å²) in [6.45, 7) is 6.30. The summed E-state index contributed by atoms with van der Waals surface area (Å²) in [5.74, 6) is 2.24. The number of fused-ring (bicyclic) bond motifs is 2. The van der Waals surface area contributed by atoms with Crippen LogP contribution in [-0.2, 0) is 22.6 Å². The number of halogens is 1. The average molecular weight is 635 g/mol. The maximum atomic E-state index is 12.6. The highest BCUT2D eigenvalue weighted by molar-refractivity contribution is 6.30. The van der Waals surface area contributed by atoms with Gasteiger partial charge in [0, 0.05) is 68.0 Å². The molecule has 1 atom stereocenters. The summed E-state index contributed by atoms with van der Waals surface area (Å²) in [4.78, 5) is 25.1. The second kappa shape index (κ2) is 14.5. The minimum absolute atomic E-state index is 0.0372. The van der Waals surface area contributed by atoms with Crippen LogP contribution in [0.4, 0.5) is 0 Å². The molecule has 6 heterocycles. The molecule has 2 aliphatic rings. The molecule has 4 aromatic heterocycles. The molecule has 0 spiro atoms. The van der Waals surface area contributed by atoms with Gasteiger partial charge in [0.05, 0.1) is 13.2 Å². The first kappa shape index (κ1) is 31.1. The van der Waals surface area contributed by atoms with E-state index < -0.39 is 0 Å². The summed E-state index contributed by atoms with van der Waals surface area (Å²) in [6.07, 6.45) is 14.8. The van der Waals surface area contributed by atoms with Gasteiger partial charge in [0.15, 0.2) is 0 Å².